The van der Waals surface area contributed by atoms with Crippen LogP contribution in [0.2, 0.25) is 0 Å². The third kappa shape index (κ3) is 4.09. The van der Waals surface area contributed by atoms with Crippen molar-refractivity contribution in [3.05, 3.63) is 34.5 Å². The maximum atomic E-state index is 5.64. The Morgan fingerprint density at radius 3 is 3.07 bits per heavy atom. The molecule has 0 bridgehead atoms. The van der Waals surface area contributed by atoms with Gasteiger partial charge in [-0.05, 0) is 29.3 Å². The number of hydrogen-bond acceptors (Lipinski definition) is 2. The van der Waals surface area contributed by atoms with Crippen molar-refractivity contribution in [3.63, 3.8) is 0 Å². The van der Waals surface area contributed by atoms with Crippen molar-refractivity contribution in [2.45, 2.75) is 13.5 Å². The molecule has 1 aromatic heterocycles. The Morgan fingerprint density at radius 1 is 1.71 bits per heavy atom. The second-order valence-corrected chi connectivity index (χ2v) is 3.92. The van der Waals surface area contributed by atoms with Crippen LogP contribution in [0, 0.1) is 0 Å². The lowest BCUT2D eigenvalue weighted by atomic mass is 10.3. The molecule has 14 heavy (non-hydrogen) atoms. The molecule has 0 atom stereocenters. The molecule has 76 valence electrons. The molecule has 0 aromatic carbocycles. The van der Waals surface area contributed by atoms with Crippen LogP contribution in [0.25, 0.3) is 0 Å². The summed E-state index contributed by atoms with van der Waals surface area (Å²) in [6, 6.07) is 2.04. The van der Waals surface area contributed by atoms with E-state index in [-0.39, 0.29) is 0 Å². The van der Waals surface area contributed by atoms with Crippen LogP contribution in [0.3, 0.4) is 0 Å². The van der Waals surface area contributed by atoms with Gasteiger partial charge in [0, 0.05) is 6.54 Å². The molecular formula is C10H15N3S. The summed E-state index contributed by atoms with van der Waals surface area (Å²) in [5.41, 5.74) is 7.87. The zero-order valence-electron chi connectivity index (χ0n) is 8.29. The summed E-state index contributed by atoms with van der Waals surface area (Å²) in [6.07, 6.45) is 0. The fourth-order valence-corrected chi connectivity index (χ4v) is 1.52. The van der Waals surface area contributed by atoms with Crippen LogP contribution >= 0.6 is 11.3 Å². The summed E-state index contributed by atoms with van der Waals surface area (Å²) < 4.78 is 0. The lowest BCUT2D eigenvalue weighted by molar-refractivity contribution is 0.942. The fraction of sp³-hybridized carbons (Fsp3) is 0.300. The van der Waals surface area contributed by atoms with Gasteiger partial charge in [0.05, 0.1) is 6.54 Å². The topological polar surface area (TPSA) is 50.4 Å². The highest BCUT2D eigenvalue weighted by Crippen LogP contribution is 2.06. The first-order valence-corrected chi connectivity index (χ1v) is 5.32. The number of aliphatic imine (C=N–C) groups is 1. The highest BCUT2D eigenvalue weighted by Gasteiger charge is 1.93. The standard InChI is InChI=1S/C10H15N3S/c1-8(2)5-12-10(11)13-6-9-3-4-14-7-9/h3-4,7H,1,5-6H2,2H3,(H3,11,12,13). The molecule has 0 spiro atoms. The summed E-state index contributed by atoms with van der Waals surface area (Å²) >= 11 is 1.66. The van der Waals surface area contributed by atoms with Gasteiger partial charge in [-0.15, -0.1) is 0 Å². The van der Waals surface area contributed by atoms with Crippen molar-refractivity contribution < 1.29 is 0 Å². The van der Waals surface area contributed by atoms with E-state index in [1.807, 2.05) is 18.4 Å². The monoisotopic (exact) mass is 209 g/mol. The molecule has 0 fully saturated rings. The van der Waals surface area contributed by atoms with Gasteiger partial charge in [-0.25, -0.2) is 4.99 Å². The number of thiophene rings is 1. The average molecular weight is 209 g/mol. The van der Waals surface area contributed by atoms with Crippen molar-refractivity contribution in [1.29, 1.82) is 0 Å². The lowest BCUT2D eigenvalue weighted by Gasteiger charge is -2.03. The van der Waals surface area contributed by atoms with Crippen molar-refractivity contribution in [2.24, 2.45) is 10.7 Å². The lowest BCUT2D eigenvalue weighted by Crippen LogP contribution is -2.32. The number of guanidine groups is 1. The van der Waals surface area contributed by atoms with Gasteiger partial charge in [0.2, 0.25) is 0 Å². The van der Waals surface area contributed by atoms with Crippen molar-refractivity contribution >= 4 is 17.3 Å². The molecule has 0 saturated carbocycles. The Hall–Kier alpha value is -1.29. The minimum Gasteiger partial charge on any atom is -0.370 e. The number of nitrogens with one attached hydrogen (secondary N) is 1. The maximum Gasteiger partial charge on any atom is 0.189 e. The molecule has 0 aliphatic heterocycles. The number of nitrogens with two attached hydrogens (primary N) is 1. The van der Waals surface area contributed by atoms with Gasteiger partial charge in [-0.2, -0.15) is 11.3 Å². The van der Waals surface area contributed by atoms with Gasteiger partial charge >= 0.3 is 0 Å². The summed E-state index contributed by atoms with van der Waals surface area (Å²) in [7, 11) is 0. The third-order valence-electron chi connectivity index (χ3n) is 1.58. The van der Waals surface area contributed by atoms with Crippen LogP contribution in [-0.4, -0.2) is 12.5 Å². The molecule has 3 nitrogen and oxygen atoms in total. The van der Waals surface area contributed by atoms with Crippen LogP contribution in [0.5, 0.6) is 0 Å². The third-order valence-corrected chi connectivity index (χ3v) is 2.32. The highest BCUT2D eigenvalue weighted by molar-refractivity contribution is 7.07. The zero-order chi connectivity index (χ0) is 10.4. The van der Waals surface area contributed by atoms with Gasteiger partial charge in [-0.1, -0.05) is 12.2 Å². The molecular weight excluding hydrogens is 194 g/mol. The molecule has 0 radical (unpaired) electrons. The van der Waals surface area contributed by atoms with E-state index in [9.17, 15) is 0 Å². The maximum absolute atomic E-state index is 5.64. The summed E-state index contributed by atoms with van der Waals surface area (Å²) in [4.78, 5) is 4.19. The molecule has 0 unspecified atom stereocenters. The highest BCUT2D eigenvalue weighted by atomic mass is 32.1. The van der Waals surface area contributed by atoms with Gasteiger partial charge < -0.3 is 11.1 Å². The van der Waals surface area contributed by atoms with Crippen LogP contribution in [-0.2, 0) is 6.54 Å². The Labute approximate surface area is 88.4 Å². The fourth-order valence-electron chi connectivity index (χ4n) is 0.856. The molecule has 0 amide bonds. The van der Waals surface area contributed by atoms with E-state index in [1.165, 1.54) is 5.56 Å². The summed E-state index contributed by atoms with van der Waals surface area (Å²) in [6.45, 7) is 7.03. The van der Waals surface area contributed by atoms with E-state index in [1.54, 1.807) is 11.3 Å². The van der Waals surface area contributed by atoms with Gasteiger partial charge in [0.1, 0.15) is 0 Å². The SMILES string of the molecule is C=C(C)CNC(N)=NCc1ccsc1. The minimum absolute atomic E-state index is 0.471. The number of nitrogens with zero attached hydrogens (tertiary/aromatic N) is 1. The van der Waals surface area contributed by atoms with E-state index in [4.69, 9.17) is 5.73 Å². The van der Waals surface area contributed by atoms with Crippen molar-refractivity contribution in [2.75, 3.05) is 6.54 Å². The second-order valence-electron chi connectivity index (χ2n) is 3.14. The van der Waals surface area contributed by atoms with E-state index in [2.05, 4.69) is 22.3 Å². The number of hydrogen-bond donors (Lipinski definition) is 2. The first-order chi connectivity index (χ1) is 6.68. The molecule has 0 saturated heterocycles. The van der Waals surface area contributed by atoms with Crippen LogP contribution in [0.15, 0.2) is 34.0 Å². The van der Waals surface area contributed by atoms with Crippen LogP contribution in [0.4, 0.5) is 0 Å². The molecule has 1 rings (SSSR count). The van der Waals surface area contributed by atoms with Crippen molar-refractivity contribution in [1.82, 2.24) is 5.32 Å². The average Bonchev–Trinajstić information content (AvgIpc) is 2.63. The van der Waals surface area contributed by atoms with Crippen LogP contribution in [0.1, 0.15) is 12.5 Å². The summed E-state index contributed by atoms with van der Waals surface area (Å²) in [5, 5.41) is 7.07. The molecule has 0 aliphatic carbocycles. The summed E-state index contributed by atoms with van der Waals surface area (Å²) in [5.74, 6) is 0.471. The van der Waals surface area contributed by atoms with Crippen LogP contribution < -0.4 is 11.1 Å². The van der Waals surface area contributed by atoms with Crippen molar-refractivity contribution in [3.8, 4) is 0 Å². The quantitative estimate of drug-likeness (QED) is 0.451. The van der Waals surface area contributed by atoms with Gasteiger partial charge in [0.15, 0.2) is 5.96 Å². The Balaban J connectivity index is 2.33. The van der Waals surface area contributed by atoms with Gasteiger partial charge in [0.25, 0.3) is 0 Å². The van der Waals surface area contributed by atoms with E-state index >= 15 is 0 Å². The Bertz CT molecular complexity index is 314. The Kier molecular flexibility index (Phi) is 4.19. The first-order valence-electron chi connectivity index (χ1n) is 4.37. The molecule has 1 aromatic rings. The smallest absolute Gasteiger partial charge is 0.189 e. The second kappa shape index (κ2) is 5.44. The molecule has 3 N–H and O–H groups in total. The van der Waals surface area contributed by atoms with E-state index < -0.39 is 0 Å². The van der Waals surface area contributed by atoms with E-state index in [0.29, 0.717) is 19.0 Å². The molecule has 1 heterocycles. The normalized spacial score (nSPS) is 11.4. The largest absolute Gasteiger partial charge is 0.370 e. The molecule has 0 aliphatic rings. The van der Waals surface area contributed by atoms with E-state index in [0.717, 1.165) is 5.57 Å². The van der Waals surface area contributed by atoms with Gasteiger partial charge in [-0.3, -0.25) is 0 Å². The Morgan fingerprint density at radius 2 is 2.50 bits per heavy atom. The predicted molar refractivity (Wildman–Crippen MR) is 62.5 cm³/mol. The predicted octanol–water partition coefficient (Wildman–Crippen LogP) is 1.73. The zero-order valence-corrected chi connectivity index (χ0v) is 9.10. The molecule has 4 heteroatoms. The number of rotatable bonds is 4. The minimum atomic E-state index is 0.471. The first kappa shape index (κ1) is 10.8.